The Hall–Kier alpha value is -2.17. The average Bonchev–Trinajstić information content (AvgIpc) is 3.75. The number of benzene rings is 2. The van der Waals surface area contributed by atoms with Crippen molar-refractivity contribution >= 4 is 29.3 Å². The van der Waals surface area contributed by atoms with E-state index >= 15 is 0 Å². The summed E-state index contributed by atoms with van der Waals surface area (Å²) < 4.78 is 5.49. The lowest BCUT2D eigenvalue weighted by Gasteiger charge is -2.39. The Balaban J connectivity index is 0.000000308. The molecule has 4 atom stereocenters. The summed E-state index contributed by atoms with van der Waals surface area (Å²) in [5.74, 6) is 0. The van der Waals surface area contributed by atoms with Crippen molar-refractivity contribution in [2.75, 3.05) is 45.8 Å². The lowest BCUT2D eigenvalue weighted by Crippen LogP contribution is -2.49. The lowest BCUT2D eigenvalue weighted by atomic mass is 9.97. The summed E-state index contributed by atoms with van der Waals surface area (Å²) in [6.07, 6.45) is 11.5. The number of nitrogens with zero attached hydrogens (tertiary/aromatic N) is 3. The van der Waals surface area contributed by atoms with E-state index in [0.717, 1.165) is 61.7 Å². The van der Waals surface area contributed by atoms with Gasteiger partial charge in [0, 0.05) is 54.3 Å². The molecule has 0 radical (unpaired) electrons. The maximum atomic E-state index is 12.3. The van der Waals surface area contributed by atoms with Crippen molar-refractivity contribution in [2.45, 2.75) is 156 Å². The van der Waals surface area contributed by atoms with Crippen molar-refractivity contribution in [2.24, 2.45) is 0 Å². The minimum absolute atomic E-state index is 0. The predicted octanol–water partition coefficient (Wildman–Crippen LogP) is 9.81. The summed E-state index contributed by atoms with van der Waals surface area (Å²) in [5, 5.41) is 24.4. The predicted molar refractivity (Wildman–Crippen MR) is 237 cm³/mol. The Bertz CT molecular complexity index is 1360. The number of carbonyl (C=O) groups is 1. The zero-order valence-corrected chi connectivity index (χ0v) is 36.3. The van der Waals surface area contributed by atoms with Gasteiger partial charge in [0.05, 0.1) is 12.2 Å². The molecule has 2 aromatic rings. The Morgan fingerprint density at radius 1 is 0.839 bits per heavy atom. The molecule has 3 N–H and O–H groups in total. The third-order valence-electron chi connectivity index (χ3n) is 10.9. The molecule has 6 rings (SSSR count). The molecule has 3 heterocycles. The molecular formula is C46H76Cl2N4O4. The van der Waals surface area contributed by atoms with Crippen LogP contribution in [0.25, 0.3) is 0 Å². The van der Waals surface area contributed by atoms with Crippen LogP contribution in [0.1, 0.15) is 118 Å². The van der Waals surface area contributed by atoms with Crippen molar-refractivity contribution in [3.8, 4) is 0 Å². The largest absolute Gasteiger partial charge is 0.444 e. The number of allylic oxidation sites excluding steroid dienone is 1. The van der Waals surface area contributed by atoms with Gasteiger partial charge in [0.2, 0.25) is 0 Å². The first-order chi connectivity index (χ1) is 26.2. The average molecular weight is 820 g/mol. The van der Waals surface area contributed by atoms with Crippen LogP contribution in [0, 0.1) is 0 Å². The number of aliphatic hydroxyl groups is 2. The van der Waals surface area contributed by atoms with Crippen LogP contribution < -0.4 is 5.32 Å². The molecule has 8 nitrogen and oxygen atoms in total. The van der Waals surface area contributed by atoms with Gasteiger partial charge in [0.15, 0.2) is 0 Å². The van der Waals surface area contributed by atoms with Crippen LogP contribution in [-0.4, -0.2) is 113 Å². The lowest BCUT2D eigenvalue weighted by molar-refractivity contribution is 0.0128. The smallest absolute Gasteiger partial charge is 0.410 e. The first kappa shape index (κ1) is 50.0. The highest BCUT2D eigenvalue weighted by Crippen LogP contribution is 2.29. The van der Waals surface area contributed by atoms with E-state index in [0.29, 0.717) is 31.2 Å². The molecule has 2 aromatic carbocycles. The van der Waals surface area contributed by atoms with Crippen molar-refractivity contribution in [3.05, 3.63) is 81.9 Å². The molecule has 3 saturated heterocycles. The molecule has 0 unspecified atom stereocenters. The number of amides is 1. The van der Waals surface area contributed by atoms with Crippen LogP contribution >= 0.6 is 23.2 Å². The van der Waals surface area contributed by atoms with Gasteiger partial charge in [0.25, 0.3) is 0 Å². The van der Waals surface area contributed by atoms with Crippen LogP contribution in [0.2, 0.25) is 10.0 Å². The van der Waals surface area contributed by atoms with Crippen LogP contribution in [-0.2, 0) is 17.6 Å². The molecule has 4 fully saturated rings. The standard InChI is InChI=1S/C21H31ClN2O3.C11H14ClNO.C7H12.C6H15N.CH4/c1-21(2,3)27-20(26)23-10-8-17(9-11-23)24-14-19(25)13-18(24)12-15-4-6-16(22)7-5-15;12-9-3-1-8(2-4-9)5-10-6-11(14)7-13-10;1-7-5-3-2-4-6-7;1-4-7(5-2)6-3;/h4-7,17-19,25H,8-14H2,1-3H3;1-4,10-11,13-14H,5-7H2;1-6H2;4-6H2,1-3H3;1H4/t18-,19-;10-,11-;;;/m00.../s1. The molecule has 10 heteroatoms. The van der Waals surface area contributed by atoms with E-state index in [-0.39, 0.29) is 25.7 Å². The second-order valence-electron chi connectivity index (χ2n) is 16.5. The molecule has 1 saturated carbocycles. The second kappa shape index (κ2) is 26.0. The first-order valence-corrected chi connectivity index (χ1v) is 21.7. The number of aliphatic hydroxyl groups excluding tert-OH is 2. The fourth-order valence-electron chi connectivity index (χ4n) is 7.74. The number of halogens is 2. The minimum atomic E-state index is -0.462. The summed E-state index contributed by atoms with van der Waals surface area (Å²) in [5.41, 5.74) is 3.51. The Morgan fingerprint density at radius 2 is 1.36 bits per heavy atom. The van der Waals surface area contributed by atoms with Gasteiger partial charge >= 0.3 is 6.09 Å². The Labute approximate surface area is 351 Å². The third-order valence-corrected chi connectivity index (χ3v) is 11.4. The Morgan fingerprint density at radius 3 is 1.77 bits per heavy atom. The summed E-state index contributed by atoms with van der Waals surface area (Å²) >= 11 is 11.8. The summed E-state index contributed by atoms with van der Waals surface area (Å²) in [4.78, 5) is 18.9. The van der Waals surface area contributed by atoms with Crippen molar-refractivity contribution in [1.29, 1.82) is 0 Å². The Kier molecular flexibility index (Phi) is 23.2. The number of likely N-dealkylation sites (tertiary alicyclic amines) is 2. The number of rotatable bonds is 8. The topological polar surface area (TPSA) is 88.5 Å². The number of β-amino-alcohol motifs (C(OH)–C–C–N with tert-alkyl or cyclic N) is 2. The second-order valence-corrected chi connectivity index (χ2v) is 17.4. The fraction of sp³-hybridized carbons (Fsp3) is 0.674. The van der Waals surface area contributed by atoms with E-state index in [4.69, 9.17) is 27.9 Å². The summed E-state index contributed by atoms with van der Waals surface area (Å²) in [7, 11) is 0. The maximum Gasteiger partial charge on any atom is 0.410 e. The highest BCUT2D eigenvalue weighted by molar-refractivity contribution is 6.30. The number of carbonyl (C=O) groups excluding carboxylic acids is 1. The molecular weight excluding hydrogens is 743 g/mol. The number of ether oxygens (including phenoxy) is 1. The molecule has 4 aliphatic rings. The number of piperidine rings is 1. The van der Waals surface area contributed by atoms with Crippen LogP contribution in [0.15, 0.2) is 60.7 Å². The van der Waals surface area contributed by atoms with Gasteiger partial charge in [-0.05, 0) is 140 Å². The number of nitrogens with one attached hydrogen (secondary N) is 1. The molecule has 3 aliphatic heterocycles. The zero-order chi connectivity index (χ0) is 40.4. The van der Waals surface area contributed by atoms with E-state index in [9.17, 15) is 15.0 Å². The minimum Gasteiger partial charge on any atom is -0.444 e. The van der Waals surface area contributed by atoms with E-state index < -0.39 is 5.60 Å². The van der Waals surface area contributed by atoms with Gasteiger partial charge in [-0.1, -0.05) is 94.2 Å². The molecule has 1 aliphatic carbocycles. The highest BCUT2D eigenvalue weighted by Gasteiger charge is 2.38. The molecule has 0 bridgehead atoms. The van der Waals surface area contributed by atoms with Crippen molar-refractivity contribution < 1.29 is 19.7 Å². The van der Waals surface area contributed by atoms with Crippen molar-refractivity contribution in [1.82, 2.24) is 20.0 Å². The van der Waals surface area contributed by atoms with Crippen LogP contribution in [0.4, 0.5) is 4.79 Å². The van der Waals surface area contributed by atoms with Gasteiger partial charge in [-0.3, -0.25) is 4.90 Å². The molecule has 0 aromatic heterocycles. The van der Waals surface area contributed by atoms with Gasteiger partial charge in [0.1, 0.15) is 5.60 Å². The van der Waals surface area contributed by atoms with E-state index in [1.54, 1.807) is 0 Å². The molecule has 0 spiro atoms. The van der Waals surface area contributed by atoms with E-state index in [1.807, 2.05) is 62.1 Å². The van der Waals surface area contributed by atoms with Gasteiger partial charge in [-0.2, -0.15) is 0 Å². The normalized spacial score (nSPS) is 22.8. The fourth-order valence-corrected chi connectivity index (χ4v) is 8.00. The summed E-state index contributed by atoms with van der Waals surface area (Å²) in [6.45, 7) is 22.6. The number of hydrogen-bond donors (Lipinski definition) is 3. The SMILES string of the molecule is C.C=C1CCCCC1.CC(C)(C)OC(=O)N1CCC(N2C[C@@H](O)C[C@@H]2Cc2ccc(Cl)cc2)CC1.CCN(CC)CC.O[C@@H]1CN[C@@H](Cc2ccc(Cl)cc2)C1. The molecule has 1 amide bonds. The highest BCUT2D eigenvalue weighted by atomic mass is 35.5. The van der Waals surface area contributed by atoms with Crippen LogP contribution in [0.5, 0.6) is 0 Å². The number of hydrogen-bond acceptors (Lipinski definition) is 7. The molecule has 56 heavy (non-hydrogen) atoms. The van der Waals surface area contributed by atoms with E-state index in [2.05, 4.69) is 54.6 Å². The monoisotopic (exact) mass is 819 g/mol. The van der Waals surface area contributed by atoms with E-state index in [1.165, 1.54) is 68.4 Å². The van der Waals surface area contributed by atoms with Gasteiger partial charge in [-0.15, -0.1) is 0 Å². The maximum absolute atomic E-state index is 12.3. The third kappa shape index (κ3) is 19.1. The molecule has 318 valence electrons. The van der Waals surface area contributed by atoms with Crippen LogP contribution in [0.3, 0.4) is 0 Å². The van der Waals surface area contributed by atoms with Gasteiger partial charge < -0.3 is 30.1 Å². The van der Waals surface area contributed by atoms with Crippen molar-refractivity contribution in [3.63, 3.8) is 0 Å². The zero-order valence-electron chi connectivity index (χ0n) is 34.7. The quantitative estimate of drug-likeness (QED) is 0.229. The summed E-state index contributed by atoms with van der Waals surface area (Å²) in [6, 6.07) is 17.0. The van der Waals surface area contributed by atoms with Gasteiger partial charge in [-0.25, -0.2) is 4.79 Å². The first-order valence-electron chi connectivity index (χ1n) is 20.9.